The Bertz CT molecular complexity index is 774. The molecule has 0 aliphatic carbocycles. The lowest BCUT2D eigenvalue weighted by molar-refractivity contribution is 0.0283. The number of aliphatic hydroxyl groups is 1. The maximum atomic E-state index is 12.6. The van der Waals surface area contributed by atoms with E-state index in [9.17, 15) is 4.79 Å². The Morgan fingerprint density at radius 1 is 1.00 bits per heavy atom. The van der Waals surface area contributed by atoms with E-state index in [1.165, 1.54) is 0 Å². The van der Waals surface area contributed by atoms with E-state index in [-0.39, 0.29) is 24.2 Å². The monoisotopic (exact) mass is 487 g/mol. The first-order valence-corrected chi connectivity index (χ1v) is 11.6. The number of halogens is 3. The fraction of sp³-hybridized carbons (Fsp3) is 0.458. The molecule has 0 saturated heterocycles. The molecule has 0 aromatic heterocycles. The van der Waals surface area contributed by atoms with Crippen molar-refractivity contribution >= 4 is 40.7 Å². The molecule has 0 aliphatic rings. The molecule has 31 heavy (non-hydrogen) atoms. The van der Waals surface area contributed by atoms with Crippen LogP contribution in [0, 0.1) is 0 Å². The van der Waals surface area contributed by atoms with Crippen molar-refractivity contribution in [2.45, 2.75) is 65.2 Å². The number of amides is 1. The largest absolute Gasteiger partial charge is 0.394 e. The molecule has 0 spiro atoms. The number of carbonyl (C=O) groups is 1. The molecule has 172 valence electrons. The predicted octanol–water partition coefficient (Wildman–Crippen LogP) is 6.58. The first-order chi connectivity index (χ1) is 14.6. The second-order valence-electron chi connectivity index (χ2n) is 7.61. The van der Waals surface area contributed by atoms with E-state index in [2.05, 4.69) is 12.2 Å². The van der Waals surface area contributed by atoms with E-state index in [1.54, 1.807) is 32.0 Å². The van der Waals surface area contributed by atoms with Crippen molar-refractivity contribution in [3.8, 4) is 0 Å². The minimum atomic E-state index is -0.230. The molecule has 0 saturated carbocycles. The minimum absolute atomic E-state index is 0.156. The summed E-state index contributed by atoms with van der Waals surface area (Å²) < 4.78 is 6.06. The van der Waals surface area contributed by atoms with Gasteiger partial charge in [-0.1, -0.05) is 60.3 Å². The Hall–Kier alpha value is -1.30. The standard InChI is InChI=1S/C21H24Cl3NO2.C3H8O/c1-3-4-9-27-20(10-15-5-7-17(22)8-6-15)14(2)25-21(26)16-11-18(23)13-19(24)12-16;1-3(2)4/h5-8,11-14,20H,3-4,9-10H2,1-2H3,(H,25,26);3-4H,1-2H3. The molecule has 0 aliphatic heterocycles. The third-order valence-corrected chi connectivity index (χ3v) is 4.91. The van der Waals surface area contributed by atoms with Gasteiger partial charge in [0, 0.05) is 39.8 Å². The van der Waals surface area contributed by atoms with Crippen molar-refractivity contribution < 1.29 is 14.6 Å². The average Bonchev–Trinajstić information content (AvgIpc) is 2.67. The highest BCUT2D eigenvalue weighted by Gasteiger charge is 2.21. The number of aliphatic hydroxyl groups excluding tert-OH is 1. The number of unbranched alkanes of at least 4 members (excludes halogenated alkanes) is 1. The Kier molecular flexibility index (Phi) is 13.2. The number of rotatable bonds is 9. The summed E-state index contributed by atoms with van der Waals surface area (Å²) in [5.74, 6) is -0.230. The van der Waals surface area contributed by atoms with E-state index in [1.807, 2.05) is 31.2 Å². The lowest BCUT2D eigenvalue weighted by atomic mass is 10.0. The zero-order valence-electron chi connectivity index (χ0n) is 18.5. The van der Waals surface area contributed by atoms with Crippen LogP contribution in [0.5, 0.6) is 0 Å². The number of hydrogen-bond acceptors (Lipinski definition) is 3. The highest BCUT2D eigenvalue weighted by Crippen LogP contribution is 2.20. The SMILES string of the molecule is CC(C)O.CCCCOC(Cc1ccc(Cl)cc1)C(C)NC(=O)c1cc(Cl)cc(Cl)c1. The van der Waals surface area contributed by atoms with Gasteiger partial charge in [-0.3, -0.25) is 4.79 Å². The molecule has 0 heterocycles. The van der Waals surface area contributed by atoms with Crippen LogP contribution < -0.4 is 5.32 Å². The van der Waals surface area contributed by atoms with Crippen LogP contribution in [-0.4, -0.2) is 35.9 Å². The number of carbonyl (C=O) groups excluding carboxylic acids is 1. The van der Waals surface area contributed by atoms with Crippen LogP contribution in [0.15, 0.2) is 42.5 Å². The van der Waals surface area contributed by atoms with Crippen LogP contribution >= 0.6 is 34.8 Å². The summed E-state index contributed by atoms with van der Waals surface area (Å²) in [5, 5.41) is 12.6. The summed E-state index contributed by atoms with van der Waals surface area (Å²) in [5.41, 5.74) is 1.53. The van der Waals surface area contributed by atoms with E-state index in [0.29, 0.717) is 33.7 Å². The first kappa shape index (κ1) is 27.7. The summed E-state index contributed by atoms with van der Waals surface area (Å²) in [6.07, 6.45) is 2.38. The smallest absolute Gasteiger partial charge is 0.251 e. The van der Waals surface area contributed by atoms with Crippen molar-refractivity contribution in [1.29, 1.82) is 0 Å². The highest BCUT2D eigenvalue weighted by atomic mass is 35.5. The summed E-state index contributed by atoms with van der Waals surface area (Å²) >= 11 is 18.0. The molecule has 0 bridgehead atoms. The molecular formula is C24H32Cl3NO3. The van der Waals surface area contributed by atoms with E-state index in [0.717, 1.165) is 18.4 Å². The van der Waals surface area contributed by atoms with E-state index < -0.39 is 0 Å². The van der Waals surface area contributed by atoms with Crippen molar-refractivity contribution in [2.24, 2.45) is 0 Å². The number of ether oxygens (including phenoxy) is 1. The minimum Gasteiger partial charge on any atom is -0.394 e. The maximum absolute atomic E-state index is 12.6. The predicted molar refractivity (Wildman–Crippen MR) is 131 cm³/mol. The fourth-order valence-electron chi connectivity index (χ4n) is 2.68. The molecular weight excluding hydrogens is 457 g/mol. The molecule has 2 rings (SSSR count). The van der Waals surface area contributed by atoms with Gasteiger partial charge in [-0.25, -0.2) is 0 Å². The van der Waals surface area contributed by atoms with Gasteiger partial charge >= 0.3 is 0 Å². The van der Waals surface area contributed by atoms with Gasteiger partial charge in [-0.15, -0.1) is 0 Å². The summed E-state index contributed by atoms with van der Waals surface area (Å²) in [4.78, 5) is 12.6. The normalized spacial score (nSPS) is 12.7. The zero-order chi connectivity index (χ0) is 23.4. The fourth-order valence-corrected chi connectivity index (χ4v) is 3.33. The van der Waals surface area contributed by atoms with Gasteiger partial charge in [-0.05, 0) is 63.1 Å². The van der Waals surface area contributed by atoms with Gasteiger partial charge in [0.1, 0.15) is 0 Å². The lowest BCUT2D eigenvalue weighted by Gasteiger charge is -2.26. The van der Waals surface area contributed by atoms with Crippen molar-refractivity contribution in [1.82, 2.24) is 5.32 Å². The van der Waals surface area contributed by atoms with Crippen LogP contribution in [0.25, 0.3) is 0 Å². The Morgan fingerprint density at radius 3 is 2.06 bits per heavy atom. The summed E-state index contributed by atoms with van der Waals surface area (Å²) in [6, 6.07) is 12.3. The second-order valence-corrected chi connectivity index (χ2v) is 8.92. The molecule has 2 unspecified atom stereocenters. The highest BCUT2D eigenvalue weighted by molar-refractivity contribution is 6.35. The van der Waals surface area contributed by atoms with Gasteiger partial charge < -0.3 is 15.2 Å². The molecule has 2 atom stereocenters. The third kappa shape index (κ3) is 11.8. The van der Waals surface area contributed by atoms with Crippen LogP contribution in [0.1, 0.15) is 56.5 Å². The molecule has 7 heteroatoms. The third-order valence-electron chi connectivity index (χ3n) is 4.22. The molecule has 2 N–H and O–H groups in total. The van der Waals surface area contributed by atoms with Crippen molar-refractivity contribution in [2.75, 3.05) is 6.61 Å². The van der Waals surface area contributed by atoms with E-state index in [4.69, 9.17) is 44.6 Å². The second kappa shape index (κ2) is 14.7. The Morgan fingerprint density at radius 2 is 1.55 bits per heavy atom. The molecule has 4 nitrogen and oxygen atoms in total. The van der Waals surface area contributed by atoms with Crippen molar-refractivity contribution in [3.63, 3.8) is 0 Å². The molecule has 1 amide bonds. The Labute approximate surface area is 200 Å². The molecule has 2 aromatic carbocycles. The van der Waals surface area contributed by atoms with Crippen LogP contribution in [0.4, 0.5) is 0 Å². The van der Waals surface area contributed by atoms with Crippen molar-refractivity contribution in [3.05, 3.63) is 68.7 Å². The zero-order valence-corrected chi connectivity index (χ0v) is 20.8. The van der Waals surface area contributed by atoms with Gasteiger partial charge in [0.15, 0.2) is 0 Å². The van der Waals surface area contributed by atoms with Gasteiger partial charge in [-0.2, -0.15) is 0 Å². The quantitative estimate of drug-likeness (QED) is 0.392. The lowest BCUT2D eigenvalue weighted by Crippen LogP contribution is -2.43. The van der Waals surface area contributed by atoms with Gasteiger partial charge in [0.2, 0.25) is 0 Å². The van der Waals surface area contributed by atoms with Crippen LogP contribution in [0.3, 0.4) is 0 Å². The molecule has 0 radical (unpaired) electrons. The number of hydrogen-bond donors (Lipinski definition) is 2. The summed E-state index contributed by atoms with van der Waals surface area (Å²) in [6.45, 7) is 8.15. The Balaban J connectivity index is 0.00000110. The number of nitrogens with one attached hydrogen (secondary N) is 1. The first-order valence-electron chi connectivity index (χ1n) is 10.4. The molecule has 0 fully saturated rings. The van der Waals surface area contributed by atoms with Crippen LogP contribution in [0.2, 0.25) is 15.1 Å². The van der Waals surface area contributed by atoms with E-state index >= 15 is 0 Å². The van der Waals surface area contributed by atoms with Gasteiger partial charge in [0.05, 0.1) is 12.1 Å². The molecule has 2 aromatic rings. The average molecular weight is 489 g/mol. The number of benzene rings is 2. The topological polar surface area (TPSA) is 58.6 Å². The maximum Gasteiger partial charge on any atom is 0.251 e. The van der Waals surface area contributed by atoms with Gasteiger partial charge in [0.25, 0.3) is 5.91 Å². The van der Waals surface area contributed by atoms with Crippen LogP contribution in [-0.2, 0) is 11.2 Å². The summed E-state index contributed by atoms with van der Waals surface area (Å²) in [7, 11) is 0.